The first-order valence-corrected chi connectivity index (χ1v) is 22.4. The van der Waals surface area contributed by atoms with Gasteiger partial charge in [0.05, 0.1) is 13.2 Å². The van der Waals surface area contributed by atoms with Gasteiger partial charge in [-0.15, -0.1) is 0 Å². The molecule has 0 aliphatic carbocycles. The topological polar surface area (TPSA) is 134 Å². The zero-order chi connectivity index (χ0) is 37.5. The molecule has 10 heteroatoms. The molecule has 1 unspecified atom stereocenters. The summed E-state index contributed by atoms with van der Waals surface area (Å²) in [4.78, 5) is 34.7. The van der Waals surface area contributed by atoms with Gasteiger partial charge in [0, 0.05) is 19.0 Å². The van der Waals surface area contributed by atoms with Crippen molar-refractivity contribution in [3.8, 4) is 0 Å². The molecule has 0 fully saturated rings. The molecule has 3 N–H and O–H groups in total. The van der Waals surface area contributed by atoms with E-state index >= 15 is 0 Å². The lowest BCUT2D eigenvalue weighted by molar-refractivity contribution is -0.159. The molecule has 51 heavy (non-hydrogen) atoms. The van der Waals surface area contributed by atoms with Crippen LogP contribution in [0.2, 0.25) is 0 Å². The minimum absolute atomic E-state index is 0.0449. The van der Waals surface area contributed by atoms with Gasteiger partial charge in [0.2, 0.25) is 0 Å². The minimum atomic E-state index is -4.39. The quantitative estimate of drug-likeness (QED) is 0.0207. The molecule has 0 rings (SSSR count). The van der Waals surface area contributed by atoms with Crippen molar-refractivity contribution in [3.63, 3.8) is 0 Å². The number of unbranched alkanes of at least 4 members (excludes halogenated alkanes) is 25. The summed E-state index contributed by atoms with van der Waals surface area (Å²) in [7, 11) is -4.39. The van der Waals surface area contributed by atoms with Crippen molar-refractivity contribution in [2.24, 2.45) is 5.73 Å². The van der Waals surface area contributed by atoms with Crippen molar-refractivity contribution in [2.75, 3.05) is 26.4 Å². The van der Waals surface area contributed by atoms with Crippen LogP contribution in [0.1, 0.15) is 194 Å². The number of carbonyl (C=O) groups is 2. The van der Waals surface area contributed by atoms with Crippen LogP contribution in [-0.2, 0) is 32.7 Å². The fraction of sp³-hybridized carbons (Fsp3) is 0.854. The average molecular weight is 744 g/mol. The van der Waals surface area contributed by atoms with Gasteiger partial charge in [-0.2, -0.15) is 0 Å². The first-order chi connectivity index (χ1) is 24.8. The Labute approximate surface area is 312 Å². The predicted octanol–water partition coefficient (Wildman–Crippen LogP) is 11.6. The van der Waals surface area contributed by atoms with Crippen molar-refractivity contribution in [2.45, 2.75) is 200 Å². The second-order valence-electron chi connectivity index (χ2n) is 13.9. The van der Waals surface area contributed by atoms with Gasteiger partial charge in [-0.25, -0.2) is 9.36 Å². The van der Waals surface area contributed by atoms with Crippen LogP contribution in [0.25, 0.3) is 0 Å². The smallest absolute Gasteiger partial charge is 0.458 e. The van der Waals surface area contributed by atoms with Crippen LogP contribution in [0.3, 0.4) is 0 Å². The van der Waals surface area contributed by atoms with E-state index in [1.54, 1.807) is 6.08 Å². The van der Waals surface area contributed by atoms with Crippen LogP contribution < -0.4 is 5.73 Å². The SMILES string of the molecule is CCCCCCCCCCCCC/C=C/C=C/C(=O)OC[C@H](COP(=O)(O)OCCN)OC(=O)CCCCCCCCCCCCCCCCC. The van der Waals surface area contributed by atoms with Gasteiger partial charge in [-0.3, -0.25) is 13.8 Å². The summed E-state index contributed by atoms with van der Waals surface area (Å²) in [5.41, 5.74) is 5.33. The van der Waals surface area contributed by atoms with E-state index in [-0.39, 0.29) is 26.2 Å². The zero-order valence-corrected chi connectivity index (χ0v) is 33.7. The monoisotopic (exact) mass is 744 g/mol. The minimum Gasteiger partial charge on any atom is -0.458 e. The summed E-state index contributed by atoms with van der Waals surface area (Å²) in [6.07, 6.45) is 39.8. The first kappa shape index (κ1) is 49.5. The Morgan fingerprint density at radius 1 is 0.627 bits per heavy atom. The number of hydrogen-bond acceptors (Lipinski definition) is 8. The second kappa shape index (κ2) is 38.2. The van der Waals surface area contributed by atoms with Crippen LogP contribution in [0.5, 0.6) is 0 Å². The fourth-order valence-electron chi connectivity index (χ4n) is 5.84. The Morgan fingerprint density at radius 3 is 1.55 bits per heavy atom. The van der Waals surface area contributed by atoms with Crippen molar-refractivity contribution < 1.29 is 37.6 Å². The zero-order valence-electron chi connectivity index (χ0n) is 32.8. The highest BCUT2D eigenvalue weighted by Gasteiger charge is 2.25. The fourth-order valence-corrected chi connectivity index (χ4v) is 6.61. The van der Waals surface area contributed by atoms with E-state index in [9.17, 15) is 19.0 Å². The third-order valence-electron chi connectivity index (χ3n) is 8.94. The molecule has 0 aliphatic rings. The lowest BCUT2D eigenvalue weighted by atomic mass is 10.0. The normalized spacial score (nSPS) is 13.6. The lowest BCUT2D eigenvalue weighted by Gasteiger charge is -2.19. The third kappa shape index (κ3) is 38.0. The van der Waals surface area contributed by atoms with Gasteiger partial charge < -0.3 is 20.1 Å². The van der Waals surface area contributed by atoms with Crippen LogP contribution in [0.15, 0.2) is 24.3 Å². The van der Waals surface area contributed by atoms with Crippen molar-refractivity contribution >= 4 is 19.8 Å². The largest absolute Gasteiger partial charge is 0.472 e. The summed E-state index contributed by atoms with van der Waals surface area (Å²) >= 11 is 0. The first-order valence-electron chi connectivity index (χ1n) is 20.9. The van der Waals surface area contributed by atoms with Gasteiger partial charge in [0.15, 0.2) is 6.10 Å². The number of phosphoric acid groups is 1. The van der Waals surface area contributed by atoms with Gasteiger partial charge in [0.25, 0.3) is 0 Å². The summed E-state index contributed by atoms with van der Waals surface area (Å²) in [5, 5.41) is 0. The van der Waals surface area contributed by atoms with E-state index in [1.807, 2.05) is 12.2 Å². The van der Waals surface area contributed by atoms with Crippen LogP contribution in [-0.4, -0.2) is 49.3 Å². The van der Waals surface area contributed by atoms with Crippen LogP contribution in [0, 0.1) is 0 Å². The number of hydrogen-bond donors (Lipinski definition) is 2. The van der Waals surface area contributed by atoms with E-state index in [4.69, 9.17) is 24.3 Å². The molecule has 0 aromatic carbocycles. The summed E-state index contributed by atoms with van der Waals surface area (Å²) in [6, 6.07) is 0. The van der Waals surface area contributed by atoms with Gasteiger partial charge in [0.1, 0.15) is 6.61 Å². The third-order valence-corrected chi connectivity index (χ3v) is 9.93. The Morgan fingerprint density at radius 2 is 1.08 bits per heavy atom. The number of esters is 2. The number of nitrogens with two attached hydrogens (primary N) is 1. The molecule has 0 heterocycles. The molecule has 0 amide bonds. The summed E-state index contributed by atoms with van der Waals surface area (Å²) < 4.78 is 32.5. The number of carbonyl (C=O) groups excluding carboxylic acids is 2. The second-order valence-corrected chi connectivity index (χ2v) is 15.4. The van der Waals surface area contributed by atoms with Gasteiger partial charge in [-0.1, -0.05) is 186 Å². The Hall–Kier alpha value is -1.51. The molecular formula is C41H78NO8P. The molecule has 0 bridgehead atoms. The highest BCUT2D eigenvalue weighted by molar-refractivity contribution is 7.47. The van der Waals surface area contributed by atoms with Gasteiger partial charge in [-0.05, 0) is 19.3 Å². The molecule has 9 nitrogen and oxygen atoms in total. The highest BCUT2D eigenvalue weighted by atomic mass is 31.2. The molecular weight excluding hydrogens is 665 g/mol. The van der Waals surface area contributed by atoms with Crippen LogP contribution >= 0.6 is 7.82 Å². The molecule has 2 atom stereocenters. The number of ether oxygens (including phenoxy) is 2. The standard InChI is InChI=1S/C41H78NO8P/c1-3-5-7-9-11-13-15-17-19-21-23-25-27-29-31-33-40(43)47-37-39(38-49-51(45,46)48-36-35-42)50-41(44)34-32-30-28-26-24-22-20-18-16-14-12-10-8-6-4-2/h27,29,31,33,39H,3-26,28,30,32,34-38,42H2,1-2H3,(H,45,46)/b29-27+,33-31+/t39-/m1/s1. The predicted molar refractivity (Wildman–Crippen MR) is 211 cm³/mol. The molecule has 0 spiro atoms. The van der Waals surface area contributed by atoms with E-state index in [1.165, 1.54) is 141 Å². The molecule has 0 radical (unpaired) electrons. The number of allylic oxidation sites excluding steroid dienone is 3. The Balaban J connectivity index is 4.25. The molecule has 300 valence electrons. The van der Waals surface area contributed by atoms with Gasteiger partial charge >= 0.3 is 19.8 Å². The average Bonchev–Trinajstić information content (AvgIpc) is 3.11. The van der Waals surface area contributed by atoms with E-state index in [0.29, 0.717) is 6.42 Å². The summed E-state index contributed by atoms with van der Waals surface area (Å²) in [5.74, 6) is -1.07. The maximum atomic E-state index is 12.5. The Bertz CT molecular complexity index is 897. The number of rotatable bonds is 39. The Kier molecular flexibility index (Phi) is 37.1. The maximum Gasteiger partial charge on any atom is 0.472 e. The van der Waals surface area contributed by atoms with Crippen molar-refractivity contribution in [3.05, 3.63) is 24.3 Å². The van der Waals surface area contributed by atoms with E-state index in [2.05, 4.69) is 13.8 Å². The lowest BCUT2D eigenvalue weighted by Crippen LogP contribution is -2.29. The molecule has 0 saturated heterocycles. The molecule has 0 aromatic rings. The maximum absolute atomic E-state index is 12.5. The van der Waals surface area contributed by atoms with E-state index < -0.39 is 32.5 Å². The molecule has 0 saturated carbocycles. The highest BCUT2D eigenvalue weighted by Crippen LogP contribution is 2.43. The number of phosphoric ester groups is 1. The van der Waals surface area contributed by atoms with Crippen molar-refractivity contribution in [1.82, 2.24) is 0 Å². The molecule has 0 aliphatic heterocycles. The van der Waals surface area contributed by atoms with E-state index in [0.717, 1.165) is 32.1 Å². The van der Waals surface area contributed by atoms with Crippen LogP contribution in [0.4, 0.5) is 0 Å². The van der Waals surface area contributed by atoms with Crippen molar-refractivity contribution in [1.29, 1.82) is 0 Å². The molecule has 0 aromatic heterocycles. The summed E-state index contributed by atoms with van der Waals surface area (Å²) in [6.45, 7) is 3.62.